The van der Waals surface area contributed by atoms with Crippen LogP contribution in [0, 0.1) is 5.92 Å². The lowest BCUT2D eigenvalue weighted by Gasteiger charge is -2.35. The summed E-state index contributed by atoms with van der Waals surface area (Å²) >= 11 is 6.18. The van der Waals surface area contributed by atoms with E-state index in [9.17, 15) is 4.79 Å². The third-order valence-corrected chi connectivity index (χ3v) is 4.99. The fourth-order valence-corrected chi connectivity index (χ4v) is 3.40. The lowest BCUT2D eigenvalue weighted by molar-refractivity contribution is -0.00617. The topological polar surface area (TPSA) is 55.6 Å². The Bertz CT molecular complexity index is 741. The van der Waals surface area contributed by atoms with Crippen LogP contribution in [-0.4, -0.2) is 41.8 Å². The largest absolute Gasteiger partial charge is 0.377 e. The quantitative estimate of drug-likeness (QED) is 0.848. The fourth-order valence-electron chi connectivity index (χ4n) is 3.17. The van der Waals surface area contributed by atoms with Gasteiger partial charge in [0.2, 0.25) is 0 Å². The van der Waals surface area contributed by atoms with Crippen molar-refractivity contribution in [1.82, 2.24) is 10.1 Å². The number of benzene rings is 1. The summed E-state index contributed by atoms with van der Waals surface area (Å²) in [4.78, 5) is 14.7. The molecule has 5 nitrogen and oxygen atoms in total. The van der Waals surface area contributed by atoms with Crippen molar-refractivity contribution in [2.45, 2.75) is 25.3 Å². The smallest absolute Gasteiger partial charge is 0.276 e. The fraction of sp³-hybridized carbons (Fsp3) is 0.444. The number of morpholine rings is 1. The van der Waals surface area contributed by atoms with Crippen LogP contribution in [0.5, 0.6) is 0 Å². The molecule has 24 heavy (non-hydrogen) atoms. The van der Waals surface area contributed by atoms with E-state index in [-0.39, 0.29) is 11.9 Å². The SMILES string of the molecule is O=C(c1cc(-c2ccccc2Cl)on1)N1CCOCC1CC1CC1. The lowest BCUT2D eigenvalue weighted by Crippen LogP contribution is -2.49. The van der Waals surface area contributed by atoms with Gasteiger partial charge in [0.05, 0.1) is 24.3 Å². The van der Waals surface area contributed by atoms with Crippen LogP contribution < -0.4 is 0 Å². The first-order valence-electron chi connectivity index (χ1n) is 8.32. The minimum atomic E-state index is -0.0917. The third kappa shape index (κ3) is 3.19. The average Bonchev–Trinajstić information content (AvgIpc) is 3.28. The van der Waals surface area contributed by atoms with Crippen LogP contribution >= 0.6 is 11.6 Å². The van der Waals surface area contributed by atoms with Crippen molar-refractivity contribution in [2.24, 2.45) is 5.92 Å². The Kier molecular flexibility index (Phi) is 4.29. The second-order valence-corrected chi connectivity index (χ2v) is 6.87. The number of hydrogen-bond acceptors (Lipinski definition) is 4. The number of aromatic nitrogens is 1. The van der Waals surface area contributed by atoms with Gasteiger partial charge in [-0.25, -0.2) is 0 Å². The molecule has 2 heterocycles. The maximum atomic E-state index is 12.9. The second-order valence-electron chi connectivity index (χ2n) is 6.46. The highest BCUT2D eigenvalue weighted by Gasteiger charge is 2.34. The molecule has 1 saturated heterocycles. The summed E-state index contributed by atoms with van der Waals surface area (Å²) in [5, 5.41) is 4.55. The summed E-state index contributed by atoms with van der Waals surface area (Å²) in [5.41, 5.74) is 1.06. The molecule has 2 aromatic rings. The molecule has 1 aliphatic heterocycles. The van der Waals surface area contributed by atoms with E-state index in [0.29, 0.717) is 36.2 Å². The summed E-state index contributed by atoms with van der Waals surface area (Å²) in [5.74, 6) is 1.16. The highest BCUT2D eigenvalue weighted by atomic mass is 35.5. The van der Waals surface area contributed by atoms with Gasteiger partial charge >= 0.3 is 0 Å². The molecule has 1 aromatic heterocycles. The molecular formula is C18H19ClN2O3. The summed E-state index contributed by atoms with van der Waals surface area (Å²) in [6.45, 7) is 1.78. The molecule has 1 amide bonds. The van der Waals surface area contributed by atoms with E-state index in [4.69, 9.17) is 20.9 Å². The third-order valence-electron chi connectivity index (χ3n) is 4.66. The van der Waals surface area contributed by atoms with E-state index in [1.165, 1.54) is 12.8 Å². The molecule has 1 saturated carbocycles. The van der Waals surface area contributed by atoms with Crippen molar-refractivity contribution in [2.75, 3.05) is 19.8 Å². The zero-order valence-electron chi connectivity index (χ0n) is 13.3. The van der Waals surface area contributed by atoms with E-state index in [0.717, 1.165) is 17.9 Å². The predicted octanol–water partition coefficient (Wildman–Crippen LogP) is 3.64. The van der Waals surface area contributed by atoms with Crippen molar-refractivity contribution in [3.63, 3.8) is 0 Å². The zero-order chi connectivity index (χ0) is 16.5. The lowest BCUT2D eigenvalue weighted by atomic mass is 10.1. The van der Waals surface area contributed by atoms with Crippen LogP contribution in [-0.2, 0) is 4.74 Å². The maximum absolute atomic E-state index is 12.9. The van der Waals surface area contributed by atoms with E-state index in [2.05, 4.69) is 5.16 Å². The number of halogens is 1. The summed E-state index contributed by atoms with van der Waals surface area (Å²) in [7, 11) is 0. The van der Waals surface area contributed by atoms with Gasteiger partial charge in [-0.05, 0) is 24.5 Å². The summed E-state index contributed by atoms with van der Waals surface area (Å²) < 4.78 is 10.9. The van der Waals surface area contributed by atoms with Crippen molar-refractivity contribution in [1.29, 1.82) is 0 Å². The zero-order valence-corrected chi connectivity index (χ0v) is 14.0. The molecule has 1 aromatic carbocycles. The van der Waals surface area contributed by atoms with Crippen LogP contribution in [0.3, 0.4) is 0 Å². The van der Waals surface area contributed by atoms with Crippen molar-refractivity contribution < 1.29 is 14.1 Å². The number of ether oxygens (including phenoxy) is 1. The maximum Gasteiger partial charge on any atom is 0.276 e. The monoisotopic (exact) mass is 346 g/mol. The number of rotatable bonds is 4. The Morgan fingerprint density at radius 3 is 2.96 bits per heavy atom. The molecule has 0 N–H and O–H groups in total. The average molecular weight is 347 g/mol. The minimum absolute atomic E-state index is 0.0917. The van der Waals surface area contributed by atoms with Gasteiger partial charge in [-0.3, -0.25) is 4.79 Å². The van der Waals surface area contributed by atoms with Crippen LogP contribution in [0.1, 0.15) is 29.8 Å². The molecule has 2 fully saturated rings. The molecule has 0 spiro atoms. The first-order chi connectivity index (χ1) is 11.7. The van der Waals surface area contributed by atoms with Crippen molar-refractivity contribution >= 4 is 17.5 Å². The van der Waals surface area contributed by atoms with Crippen molar-refractivity contribution in [3.05, 3.63) is 41.0 Å². The van der Waals surface area contributed by atoms with Gasteiger partial charge in [-0.1, -0.05) is 41.7 Å². The van der Waals surface area contributed by atoms with Crippen LogP contribution in [0.2, 0.25) is 5.02 Å². The standard InChI is InChI=1S/C18H19ClN2O3/c19-15-4-2-1-3-14(15)17-10-16(20-24-17)18(22)21-7-8-23-11-13(21)9-12-5-6-12/h1-4,10,12-13H,5-9,11H2. The first-order valence-corrected chi connectivity index (χ1v) is 8.70. The molecule has 0 radical (unpaired) electrons. The Labute approximate surface area is 145 Å². The Hall–Kier alpha value is -1.85. The Morgan fingerprint density at radius 1 is 1.33 bits per heavy atom. The Balaban J connectivity index is 1.54. The normalized spacial score (nSPS) is 21.0. The molecule has 2 aliphatic rings. The number of hydrogen-bond donors (Lipinski definition) is 0. The van der Waals surface area contributed by atoms with E-state index >= 15 is 0 Å². The number of carbonyl (C=O) groups is 1. The summed E-state index contributed by atoms with van der Waals surface area (Å²) in [6.07, 6.45) is 3.54. The van der Waals surface area contributed by atoms with Crippen LogP contribution in [0.15, 0.2) is 34.9 Å². The Morgan fingerprint density at radius 2 is 2.17 bits per heavy atom. The number of nitrogens with zero attached hydrogens (tertiary/aromatic N) is 2. The van der Waals surface area contributed by atoms with Gasteiger partial charge in [0, 0.05) is 18.2 Å². The van der Waals surface area contributed by atoms with Crippen molar-refractivity contribution in [3.8, 4) is 11.3 Å². The highest BCUT2D eigenvalue weighted by Crippen LogP contribution is 2.35. The molecule has 6 heteroatoms. The van der Waals surface area contributed by atoms with E-state index < -0.39 is 0 Å². The van der Waals surface area contributed by atoms with E-state index in [1.54, 1.807) is 12.1 Å². The minimum Gasteiger partial charge on any atom is -0.377 e. The van der Waals surface area contributed by atoms with Gasteiger partial charge < -0.3 is 14.2 Å². The van der Waals surface area contributed by atoms with Gasteiger partial charge in [-0.15, -0.1) is 0 Å². The second kappa shape index (κ2) is 6.57. The number of amides is 1. The first kappa shape index (κ1) is 15.7. The van der Waals surface area contributed by atoms with Gasteiger partial charge in [0.1, 0.15) is 0 Å². The predicted molar refractivity (Wildman–Crippen MR) is 89.9 cm³/mol. The van der Waals surface area contributed by atoms with E-state index in [1.807, 2.05) is 23.1 Å². The molecular weight excluding hydrogens is 328 g/mol. The van der Waals surface area contributed by atoms with Crippen LogP contribution in [0.25, 0.3) is 11.3 Å². The molecule has 4 rings (SSSR count). The van der Waals surface area contributed by atoms with Gasteiger partial charge in [0.25, 0.3) is 5.91 Å². The molecule has 1 atom stereocenters. The summed E-state index contributed by atoms with van der Waals surface area (Å²) in [6, 6.07) is 9.17. The highest BCUT2D eigenvalue weighted by molar-refractivity contribution is 6.33. The molecule has 1 aliphatic carbocycles. The molecule has 0 bridgehead atoms. The van der Waals surface area contributed by atoms with Crippen LogP contribution in [0.4, 0.5) is 0 Å². The van der Waals surface area contributed by atoms with Gasteiger partial charge in [-0.2, -0.15) is 0 Å². The molecule has 126 valence electrons. The number of carbonyl (C=O) groups excluding carboxylic acids is 1. The van der Waals surface area contributed by atoms with Gasteiger partial charge in [0.15, 0.2) is 11.5 Å². The molecule has 1 unspecified atom stereocenters.